The molecule has 0 aliphatic rings. The van der Waals surface area contributed by atoms with E-state index in [0.29, 0.717) is 23.6 Å². The van der Waals surface area contributed by atoms with Crippen LogP contribution in [0.4, 0.5) is 5.69 Å². The Labute approximate surface area is 119 Å². The third kappa shape index (κ3) is 3.38. The smallest absolute Gasteiger partial charge is 0.255 e. The number of hydrogen-bond acceptors (Lipinski definition) is 2. The number of carbonyl (C=O) groups excluding carboxylic acids is 1. The maximum absolute atomic E-state index is 12.3. The summed E-state index contributed by atoms with van der Waals surface area (Å²) in [6.45, 7) is 6.45. The van der Waals surface area contributed by atoms with Gasteiger partial charge in [-0.1, -0.05) is 29.3 Å². The van der Waals surface area contributed by atoms with E-state index in [0.717, 1.165) is 11.1 Å². The fourth-order valence-electron chi connectivity index (χ4n) is 2.15. The second-order valence-corrected chi connectivity index (χ2v) is 4.76. The average Bonchev–Trinajstić information content (AvgIpc) is 2.40. The van der Waals surface area contributed by atoms with Crippen molar-refractivity contribution in [3.63, 3.8) is 0 Å². The number of carbonyl (C=O) groups is 1. The highest BCUT2D eigenvalue weighted by Crippen LogP contribution is 2.24. The van der Waals surface area contributed by atoms with E-state index in [1.807, 2.05) is 63.2 Å². The summed E-state index contributed by atoms with van der Waals surface area (Å²) in [5, 5.41) is 2.90. The topological polar surface area (TPSA) is 38.3 Å². The second-order valence-electron chi connectivity index (χ2n) is 4.76. The molecule has 20 heavy (non-hydrogen) atoms. The van der Waals surface area contributed by atoms with Crippen molar-refractivity contribution in [3.05, 3.63) is 59.2 Å². The van der Waals surface area contributed by atoms with Gasteiger partial charge in [0.2, 0.25) is 0 Å². The molecule has 1 N–H and O–H groups in total. The van der Waals surface area contributed by atoms with Crippen LogP contribution in [-0.2, 0) is 0 Å². The number of benzene rings is 2. The third-order valence-corrected chi connectivity index (χ3v) is 2.92. The van der Waals surface area contributed by atoms with Crippen LogP contribution in [0, 0.1) is 13.8 Å². The fraction of sp³-hybridized carbons (Fsp3) is 0.235. The Hall–Kier alpha value is -2.29. The molecule has 0 saturated carbocycles. The molecule has 0 aliphatic heterocycles. The zero-order valence-corrected chi connectivity index (χ0v) is 12.1. The Morgan fingerprint density at radius 3 is 2.40 bits per heavy atom. The molecule has 0 radical (unpaired) electrons. The fourth-order valence-corrected chi connectivity index (χ4v) is 2.15. The first-order chi connectivity index (χ1) is 9.60. The number of amides is 1. The van der Waals surface area contributed by atoms with E-state index in [1.54, 1.807) is 0 Å². The summed E-state index contributed by atoms with van der Waals surface area (Å²) in [6, 6.07) is 13.3. The minimum absolute atomic E-state index is 0.121. The molecule has 0 aliphatic carbocycles. The van der Waals surface area contributed by atoms with Gasteiger partial charge >= 0.3 is 0 Å². The van der Waals surface area contributed by atoms with Gasteiger partial charge in [-0.25, -0.2) is 0 Å². The summed E-state index contributed by atoms with van der Waals surface area (Å²) in [4.78, 5) is 12.3. The van der Waals surface area contributed by atoms with Crippen molar-refractivity contribution in [1.29, 1.82) is 0 Å². The lowest BCUT2D eigenvalue weighted by molar-refractivity contribution is 0.102. The van der Waals surface area contributed by atoms with E-state index in [-0.39, 0.29) is 5.91 Å². The van der Waals surface area contributed by atoms with Crippen LogP contribution in [0.5, 0.6) is 5.75 Å². The molecule has 0 fully saturated rings. The van der Waals surface area contributed by atoms with Crippen LogP contribution >= 0.6 is 0 Å². The molecule has 1 amide bonds. The molecular weight excluding hydrogens is 250 g/mol. The van der Waals surface area contributed by atoms with Crippen LogP contribution < -0.4 is 10.1 Å². The first-order valence-corrected chi connectivity index (χ1v) is 6.71. The molecule has 2 rings (SSSR count). The predicted molar refractivity (Wildman–Crippen MR) is 81.5 cm³/mol. The summed E-state index contributed by atoms with van der Waals surface area (Å²) in [5.41, 5.74) is 3.51. The quantitative estimate of drug-likeness (QED) is 0.912. The molecule has 3 heteroatoms. The van der Waals surface area contributed by atoms with Gasteiger partial charge in [-0.05, 0) is 45.0 Å². The molecule has 2 aromatic rings. The normalized spacial score (nSPS) is 10.2. The van der Waals surface area contributed by atoms with Crippen LogP contribution in [0.2, 0.25) is 0 Å². The van der Waals surface area contributed by atoms with Crippen molar-refractivity contribution in [1.82, 2.24) is 0 Å². The SMILES string of the molecule is CCOc1ccccc1NC(=O)c1cc(C)cc(C)c1. The molecule has 0 atom stereocenters. The molecule has 0 aromatic heterocycles. The van der Waals surface area contributed by atoms with Gasteiger partial charge < -0.3 is 10.1 Å². The number of hydrogen-bond donors (Lipinski definition) is 1. The van der Waals surface area contributed by atoms with E-state index < -0.39 is 0 Å². The average molecular weight is 269 g/mol. The van der Waals surface area contributed by atoms with Crippen LogP contribution in [0.3, 0.4) is 0 Å². The minimum Gasteiger partial charge on any atom is -0.492 e. The van der Waals surface area contributed by atoms with E-state index >= 15 is 0 Å². The van der Waals surface area contributed by atoms with Crippen LogP contribution in [0.1, 0.15) is 28.4 Å². The molecule has 0 saturated heterocycles. The third-order valence-electron chi connectivity index (χ3n) is 2.92. The minimum atomic E-state index is -0.121. The number of aryl methyl sites for hydroxylation is 2. The Morgan fingerprint density at radius 2 is 1.75 bits per heavy atom. The molecule has 104 valence electrons. The summed E-state index contributed by atoms with van der Waals surface area (Å²) in [7, 11) is 0. The Morgan fingerprint density at radius 1 is 1.10 bits per heavy atom. The molecule has 0 heterocycles. The van der Waals surface area contributed by atoms with E-state index in [1.165, 1.54) is 0 Å². The summed E-state index contributed by atoms with van der Waals surface area (Å²) < 4.78 is 5.51. The second kappa shape index (κ2) is 6.24. The largest absolute Gasteiger partial charge is 0.492 e. The zero-order valence-electron chi connectivity index (χ0n) is 12.1. The van der Waals surface area contributed by atoms with Crippen LogP contribution in [0.15, 0.2) is 42.5 Å². The maximum Gasteiger partial charge on any atom is 0.255 e. The molecule has 0 spiro atoms. The van der Waals surface area contributed by atoms with Crippen LogP contribution in [-0.4, -0.2) is 12.5 Å². The number of nitrogens with one attached hydrogen (secondary N) is 1. The Balaban J connectivity index is 2.23. The molecule has 0 unspecified atom stereocenters. The molecule has 2 aromatic carbocycles. The van der Waals surface area contributed by atoms with Gasteiger partial charge in [0.1, 0.15) is 5.75 Å². The van der Waals surface area contributed by atoms with Crippen molar-refractivity contribution in [2.24, 2.45) is 0 Å². The standard InChI is InChI=1S/C17H19NO2/c1-4-20-16-8-6-5-7-15(16)18-17(19)14-10-12(2)9-13(3)11-14/h5-11H,4H2,1-3H3,(H,18,19). The van der Waals surface area contributed by atoms with Crippen molar-refractivity contribution in [3.8, 4) is 5.75 Å². The lowest BCUT2D eigenvalue weighted by atomic mass is 10.1. The maximum atomic E-state index is 12.3. The highest BCUT2D eigenvalue weighted by molar-refractivity contribution is 6.05. The van der Waals surface area contributed by atoms with Gasteiger partial charge in [-0.2, -0.15) is 0 Å². The highest BCUT2D eigenvalue weighted by atomic mass is 16.5. The molecule has 3 nitrogen and oxygen atoms in total. The van der Waals surface area contributed by atoms with Crippen molar-refractivity contribution in [2.45, 2.75) is 20.8 Å². The van der Waals surface area contributed by atoms with E-state index in [9.17, 15) is 4.79 Å². The van der Waals surface area contributed by atoms with Crippen molar-refractivity contribution < 1.29 is 9.53 Å². The summed E-state index contributed by atoms with van der Waals surface area (Å²) in [6.07, 6.45) is 0. The van der Waals surface area contributed by atoms with Gasteiger partial charge in [0.05, 0.1) is 12.3 Å². The number of para-hydroxylation sites is 2. The van der Waals surface area contributed by atoms with Gasteiger partial charge in [0.25, 0.3) is 5.91 Å². The van der Waals surface area contributed by atoms with Crippen molar-refractivity contribution >= 4 is 11.6 Å². The van der Waals surface area contributed by atoms with Gasteiger partial charge in [0, 0.05) is 5.56 Å². The molecule has 0 bridgehead atoms. The Kier molecular flexibility index (Phi) is 4.41. The van der Waals surface area contributed by atoms with E-state index in [2.05, 4.69) is 5.32 Å². The lowest BCUT2D eigenvalue weighted by Gasteiger charge is -2.11. The highest BCUT2D eigenvalue weighted by Gasteiger charge is 2.10. The Bertz CT molecular complexity index is 600. The van der Waals surface area contributed by atoms with Gasteiger partial charge in [-0.3, -0.25) is 4.79 Å². The van der Waals surface area contributed by atoms with E-state index in [4.69, 9.17) is 4.74 Å². The van der Waals surface area contributed by atoms with Crippen LogP contribution in [0.25, 0.3) is 0 Å². The lowest BCUT2D eigenvalue weighted by Crippen LogP contribution is -2.13. The molecular formula is C17H19NO2. The summed E-state index contributed by atoms with van der Waals surface area (Å²) >= 11 is 0. The number of anilines is 1. The number of ether oxygens (including phenoxy) is 1. The zero-order chi connectivity index (χ0) is 14.5. The first-order valence-electron chi connectivity index (χ1n) is 6.71. The monoisotopic (exact) mass is 269 g/mol. The summed E-state index contributed by atoms with van der Waals surface area (Å²) in [5.74, 6) is 0.566. The van der Waals surface area contributed by atoms with Gasteiger partial charge in [-0.15, -0.1) is 0 Å². The number of rotatable bonds is 4. The van der Waals surface area contributed by atoms with Crippen molar-refractivity contribution in [2.75, 3.05) is 11.9 Å². The van der Waals surface area contributed by atoms with Gasteiger partial charge in [0.15, 0.2) is 0 Å². The first kappa shape index (κ1) is 14.1. The predicted octanol–water partition coefficient (Wildman–Crippen LogP) is 3.95.